The molecule has 4 nitrogen and oxygen atoms in total. The molecule has 2 aromatic carbocycles. The molecule has 5 heteroatoms. The number of para-hydroxylation sites is 1. The van der Waals surface area contributed by atoms with Gasteiger partial charge in [-0.05, 0) is 61.8 Å². The van der Waals surface area contributed by atoms with E-state index in [0.717, 1.165) is 23.2 Å². The van der Waals surface area contributed by atoms with Gasteiger partial charge in [-0.25, -0.2) is 0 Å². The van der Waals surface area contributed by atoms with Crippen LogP contribution in [0.15, 0.2) is 42.5 Å². The molecule has 24 heavy (non-hydrogen) atoms. The van der Waals surface area contributed by atoms with Crippen molar-refractivity contribution in [3.8, 4) is 5.75 Å². The molecule has 0 aliphatic rings. The minimum Gasteiger partial charge on any atom is -0.494 e. The highest BCUT2D eigenvalue weighted by molar-refractivity contribution is 7.80. The van der Waals surface area contributed by atoms with Gasteiger partial charge in [0.25, 0.3) is 5.91 Å². The Morgan fingerprint density at radius 3 is 2.46 bits per heavy atom. The lowest BCUT2D eigenvalue weighted by molar-refractivity contribution is 0.0977. The first-order valence-electron chi connectivity index (χ1n) is 7.92. The largest absolute Gasteiger partial charge is 0.494 e. The fraction of sp³-hybridized carbons (Fsp3) is 0.263. The normalized spacial score (nSPS) is 10.1. The maximum Gasteiger partial charge on any atom is 0.257 e. The van der Waals surface area contributed by atoms with Gasteiger partial charge in [-0.3, -0.25) is 10.1 Å². The van der Waals surface area contributed by atoms with E-state index in [4.69, 9.17) is 17.0 Å². The van der Waals surface area contributed by atoms with Crippen LogP contribution in [-0.4, -0.2) is 17.6 Å². The van der Waals surface area contributed by atoms with Gasteiger partial charge >= 0.3 is 0 Å². The number of hydrogen-bond donors (Lipinski definition) is 2. The Kier molecular flexibility index (Phi) is 6.32. The average Bonchev–Trinajstić information content (AvgIpc) is 2.56. The van der Waals surface area contributed by atoms with Crippen molar-refractivity contribution in [2.45, 2.75) is 27.2 Å². The van der Waals surface area contributed by atoms with E-state index in [-0.39, 0.29) is 11.0 Å². The minimum absolute atomic E-state index is 0.263. The molecule has 0 aliphatic carbocycles. The summed E-state index contributed by atoms with van der Waals surface area (Å²) >= 11 is 5.26. The third kappa shape index (κ3) is 4.80. The van der Waals surface area contributed by atoms with Crippen LogP contribution >= 0.6 is 12.2 Å². The summed E-state index contributed by atoms with van der Waals surface area (Å²) in [6, 6.07) is 13.0. The zero-order chi connectivity index (χ0) is 17.5. The summed E-state index contributed by atoms with van der Waals surface area (Å²) in [6.07, 6.45) is 0.917. The molecule has 0 spiro atoms. The van der Waals surface area contributed by atoms with Gasteiger partial charge in [-0.2, -0.15) is 0 Å². The predicted octanol–water partition coefficient (Wildman–Crippen LogP) is 4.22. The fourth-order valence-corrected chi connectivity index (χ4v) is 2.47. The smallest absolute Gasteiger partial charge is 0.257 e. The maximum absolute atomic E-state index is 12.3. The number of nitrogens with one attached hydrogen (secondary N) is 2. The Balaban J connectivity index is 2.02. The number of carbonyl (C=O) groups is 1. The van der Waals surface area contributed by atoms with Gasteiger partial charge in [0.2, 0.25) is 0 Å². The van der Waals surface area contributed by atoms with Gasteiger partial charge in [0.15, 0.2) is 5.11 Å². The molecule has 0 atom stereocenters. The summed E-state index contributed by atoms with van der Waals surface area (Å²) in [5.74, 6) is 0.416. The van der Waals surface area contributed by atoms with Gasteiger partial charge in [0.05, 0.1) is 6.61 Å². The SMILES string of the molecule is CCCOc1cccc(C(=O)NC(=S)Nc2c(C)cccc2C)c1. The lowest BCUT2D eigenvalue weighted by Crippen LogP contribution is -2.34. The molecule has 0 fully saturated rings. The third-order valence-electron chi connectivity index (χ3n) is 3.52. The minimum atomic E-state index is -0.263. The number of amides is 1. The third-order valence-corrected chi connectivity index (χ3v) is 3.72. The van der Waals surface area contributed by atoms with E-state index in [1.807, 2.05) is 45.0 Å². The molecule has 0 saturated carbocycles. The van der Waals surface area contributed by atoms with E-state index in [0.29, 0.717) is 17.9 Å². The molecule has 0 radical (unpaired) electrons. The first-order chi connectivity index (χ1) is 11.5. The zero-order valence-corrected chi connectivity index (χ0v) is 15.0. The molecule has 0 heterocycles. The molecule has 0 bridgehead atoms. The lowest BCUT2D eigenvalue weighted by Gasteiger charge is -2.14. The van der Waals surface area contributed by atoms with E-state index in [1.54, 1.807) is 18.2 Å². The summed E-state index contributed by atoms with van der Waals surface area (Å²) in [4.78, 5) is 12.3. The standard InChI is InChI=1S/C19H22N2O2S/c1-4-11-23-16-10-6-9-15(12-16)18(22)21-19(24)20-17-13(2)7-5-8-14(17)3/h5-10,12H,4,11H2,1-3H3,(H2,20,21,22,24). The summed E-state index contributed by atoms with van der Waals surface area (Å²) in [6.45, 7) is 6.65. The van der Waals surface area contributed by atoms with E-state index in [1.165, 1.54) is 0 Å². The zero-order valence-electron chi connectivity index (χ0n) is 14.2. The molecular formula is C19H22N2O2S. The fourth-order valence-electron chi connectivity index (χ4n) is 2.28. The maximum atomic E-state index is 12.3. The number of hydrogen-bond acceptors (Lipinski definition) is 3. The Bertz CT molecular complexity index is 724. The van der Waals surface area contributed by atoms with E-state index < -0.39 is 0 Å². The van der Waals surface area contributed by atoms with Gasteiger partial charge in [-0.15, -0.1) is 0 Å². The van der Waals surface area contributed by atoms with Crippen LogP contribution in [0.1, 0.15) is 34.8 Å². The molecule has 0 aliphatic heterocycles. The number of thiocarbonyl (C=S) groups is 1. The number of rotatable bonds is 5. The summed E-state index contributed by atoms with van der Waals surface area (Å²) in [5, 5.41) is 6.08. The Hall–Kier alpha value is -2.40. The monoisotopic (exact) mass is 342 g/mol. The number of anilines is 1. The average molecular weight is 342 g/mol. The van der Waals surface area contributed by atoms with Crippen LogP contribution in [0.3, 0.4) is 0 Å². The molecular weight excluding hydrogens is 320 g/mol. The first-order valence-corrected chi connectivity index (χ1v) is 8.33. The Labute approximate surface area is 148 Å². The van der Waals surface area contributed by atoms with Gasteiger partial charge in [-0.1, -0.05) is 31.2 Å². The molecule has 2 N–H and O–H groups in total. The van der Waals surface area contributed by atoms with E-state index in [9.17, 15) is 4.79 Å². The van der Waals surface area contributed by atoms with E-state index >= 15 is 0 Å². The summed E-state index contributed by atoms with van der Waals surface area (Å²) < 4.78 is 5.55. The molecule has 0 aromatic heterocycles. The highest BCUT2D eigenvalue weighted by Gasteiger charge is 2.10. The second-order valence-corrected chi connectivity index (χ2v) is 5.96. The second-order valence-electron chi connectivity index (χ2n) is 5.55. The van der Waals surface area contributed by atoms with Gasteiger partial charge in [0.1, 0.15) is 5.75 Å². The predicted molar refractivity (Wildman–Crippen MR) is 102 cm³/mol. The topological polar surface area (TPSA) is 50.4 Å². The molecule has 2 rings (SSSR count). The van der Waals surface area contributed by atoms with Crippen molar-refractivity contribution in [2.24, 2.45) is 0 Å². The van der Waals surface area contributed by atoms with Crippen LogP contribution < -0.4 is 15.4 Å². The van der Waals surface area contributed by atoms with Crippen molar-refractivity contribution in [3.05, 3.63) is 59.2 Å². The highest BCUT2D eigenvalue weighted by Crippen LogP contribution is 2.19. The van der Waals surface area contributed by atoms with E-state index in [2.05, 4.69) is 10.6 Å². The van der Waals surface area contributed by atoms with Gasteiger partial charge < -0.3 is 10.1 Å². The van der Waals surface area contributed by atoms with Crippen molar-refractivity contribution in [1.82, 2.24) is 5.32 Å². The molecule has 0 saturated heterocycles. The lowest BCUT2D eigenvalue weighted by atomic mass is 10.1. The van der Waals surface area contributed by atoms with Crippen LogP contribution in [-0.2, 0) is 0 Å². The Morgan fingerprint density at radius 1 is 1.12 bits per heavy atom. The number of aryl methyl sites for hydroxylation is 2. The van der Waals surface area contributed by atoms with Crippen LogP contribution in [0.4, 0.5) is 5.69 Å². The van der Waals surface area contributed by atoms with Crippen LogP contribution in [0.25, 0.3) is 0 Å². The number of benzene rings is 2. The Morgan fingerprint density at radius 2 is 1.79 bits per heavy atom. The van der Waals surface area contributed by atoms with Gasteiger partial charge in [0, 0.05) is 11.3 Å². The van der Waals surface area contributed by atoms with Crippen LogP contribution in [0.5, 0.6) is 5.75 Å². The van der Waals surface area contributed by atoms with Crippen molar-refractivity contribution in [1.29, 1.82) is 0 Å². The van der Waals surface area contributed by atoms with Crippen molar-refractivity contribution in [3.63, 3.8) is 0 Å². The summed E-state index contributed by atoms with van der Waals surface area (Å²) in [5.41, 5.74) is 3.57. The second kappa shape index (κ2) is 8.45. The highest BCUT2D eigenvalue weighted by atomic mass is 32.1. The number of ether oxygens (including phenoxy) is 1. The molecule has 2 aromatic rings. The van der Waals surface area contributed by atoms with Crippen molar-refractivity contribution >= 4 is 28.9 Å². The van der Waals surface area contributed by atoms with Crippen LogP contribution in [0.2, 0.25) is 0 Å². The first kappa shape index (κ1) is 17.9. The molecule has 0 unspecified atom stereocenters. The summed E-state index contributed by atoms with van der Waals surface area (Å²) in [7, 11) is 0. The molecule has 126 valence electrons. The number of carbonyl (C=O) groups excluding carboxylic acids is 1. The van der Waals surface area contributed by atoms with Crippen molar-refractivity contribution in [2.75, 3.05) is 11.9 Å². The van der Waals surface area contributed by atoms with Crippen molar-refractivity contribution < 1.29 is 9.53 Å². The quantitative estimate of drug-likeness (QED) is 0.799. The molecule has 1 amide bonds. The van der Waals surface area contributed by atoms with Crippen LogP contribution in [0, 0.1) is 13.8 Å².